The van der Waals surface area contributed by atoms with Gasteiger partial charge in [0, 0.05) is 11.8 Å². The fourth-order valence-electron chi connectivity index (χ4n) is 1.57. The monoisotopic (exact) mass is 272 g/mol. The summed E-state index contributed by atoms with van der Waals surface area (Å²) in [6.07, 6.45) is -0.00544. The van der Waals surface area contributed by atoms with Crippen molar-refractivity contribution in [1.29, 1.82) is 0 Å². The lowest BCUT2D eigenvalue weighted by atomic mass is 10.1. The molecule has 4 nitrogen and oxygen atoms in total. The molecule has 0 saturated carbocycles. The summed E-state index contributed by atoms with van der Waals surface area (Å²) in [4.78, 5) is 0. The van der Waals surface area contributed by atoms with E-state index >= 15 is 0 Å². The van der Waals surface area contributed by atoms with Gasteiger partial charge in [-0.3, -0.25) is 0 Å². The largest absolute Gasteiger partial charge is 0.491 e. The van der Waals surface area contributed by atoms with Crippen LogP contribution in [0.5, 0.6) is 5.75 Å². The second-order valence-electron chi connectivity index (χ2n) is 4.68. The molecule has 0 aliphatic carbocycles. The van der Waals surface area contributed by atoms with Crippen LogP contribution in [0.4, 0.5) is 0 Å². The van der Waals surface area contributed by atoms with Crippen molar-refractivity contribution in [2.75, 3.05) is 6.26 Å². The van der Waals surface area contributed by atoms with Crippen molar-refractivity contribution in [2.45, 2.75) is 38.2 Å². The van der Waals surface area contributed by atoms with Crippen LogP contribution in [0.15, 0.2) is 24.3 Å². The standard InChI is InChI=1S/C13H20O4S/c1-9(2)17-12-8-6-5-7-11(12)13(14)10(3)18(4,15)16/h5-10,13-14H,1-4H3. The van der Waals surface area contributed by atoms with Gasteiger partial charge in [0.2, 0.25) is 0 Å². The molecule has 1 N–H and O–H groups in total. The Hall–Kier alpha value is -1.07. The van der Waals surface area contributed by atoms with Crippen molar-refractivity contribution in [3.8, 4) is 5.75 Å². The van der Waals surface area contributed by atoms with Gasteiger partial charge in [0.1, 0.15) is 5.75 Å². The zero-order chi connectivity index (χ0) is 13.9. The van der Waals surface area contributed by atoms with Crippen LogP contribution in [0.1, 0.15) is 32.4 Å². The molecule has 0 amide bonds. The molecule has 2 atom stereocenters. The third kappa shape index (κ3) is 3.71. The molecule has 2 unspecified atom stereocenters. The lowest BCUT2D eigenvalue weighted by Gasteiger charge is -2.21. The van der Waals surface area contributed by atoms with Gasteiger partial charge in [0.05, 0.1) is 17.5 Å². The van der Waals surface area contributed by atoms with Gasteiger partial charge < -0.3 is 9.84 Å². The van der Waals surface area contributed by atoms with E-state index in [0.717, 1.165) is 6.26 Å². The van der Waals surface area contributed by atoms with Crippen LogP contribution in [0.25, 0.3) is 0 Å². The van der Waals surface area contributed by atoms with Gasteiger partial charge in [-0.05, 0) is 26.8 Å². The molecule has 0 aromatic heterocycles. The first-order chi connectivity index (χ1) is 8.23. The number of para-hydroxylation sites is 1. The highest BCUT2D eigenvalue weighted by Gasteiger charge is 2.27. The Kier molecular flexibility index (Phi) is 4.76. The number of ether oxygens (including phenoxy) is 1. The molecular weight excluding hydrogens is 252 g/mol. The Bertz CT molecular complexity index is 493. The van der Waals surface area contributed by atoms with Crippen LogP contribution in [-0.2, 0) is 9.84 Å². The van der Waals surface area contributed by atoms with Crippen LogP contribution in [0, 0.1) is 0 Å². The molecule has 18 heavy (non-hydrogen) atoms. The Morgan fingerprint density at radius 1 is 1.17 bits per heavy atom. The van der Waals surface area contributed by atoms with E-state index in [-0.39, 0.29) is 6.10 Å². The van der Waals surface area contributed by atoms with E-state index in [4.69, 9.17) is 4.74 Å². The molecule has 1 aromatic rings. The molecule has 0 fully saturated rings. The first-order valence-electron chi connectivity index (χ1n) is 5.86. The molecule has 1 rings (SSSR count). The predicted molar refractivity (Wildman–Crippen MR) is 71.5 cm³/mol. The van der Waals surface area contributed by atoms with Crippen molar-refractivity contribution in [1.82, 2.24) is 0 Å². The zero-order valence-electron chi connectivity index (χ0n) is 11.1. The van der Waals surface area contributed by atoms with E-state index in [9.17, 15) is 13.5 Å². The van der Waals surface area contributed by atoms with E-state index in [1.807, 2.05) is 13.8 Å². The van der Waals surface area contributed by atoms with Crippen molar-refractivity contribution in [3.63, 3.8) is 0 Å². The van der Waals surface area contributed by atoms with Gasteiger partial charge >= 0.3 is 0 Å². The van der Waals surface area contributed by atoms with Crippen LogP contribution < -0.4 is 4.74 Å². The minimum Gasteiger partial charge on any atom is -0.491 e. The van der Waals surface area contributed by atoms with E-state index in [1.54, 1.807) is 24.3 Å². The zero-order valence-corrected chi connectivity index (χ0v) is 11.9. The number of aliphatic hydroxyl groups is 1. The van der Waals surface area contributed by atoms with Crippen LogP contribution in [-0.4, -0.2) is 31.1 Å². The fraction of sp³-hybridized carbons (Fsp3) is 0.538. The second-order valence-corrected chi connectivity index (χ2v) is 7.09. The van der Waals surface area contributed by atoms with E-state index in [0.29, 0.717) is 11.3 Å². The minimum absolute atomic E-state index is 0.0353. The Morgan fingerprint density at radius 2 is 1.72 bits per heavy atom. The molecule has 0 saturated heterocycles. The van der Waals surface area contributed by atoms with Gasteiger partial charge in [-0.25, -0.2) is 8.42 Å². The lowest BCUT2D eigenvalue weighted by molar-refractivity contribution is 0.164. The molecule has 1 aromatic carbocycles. The van der Waals surface area contributed by atoms with Crippen molar-refractivity contribution in [2.24, 2.45) is 0 Å². The molecule has 102 valence electrons. The highest BCUT2D eigenvalue weighted by molar-refractivity contribution is 7.91. The van der Waals surface area contributed by atoms with E-state index < -0.39 is 21.2 Å². The summed E-state index contributed by atoms with van der Waals surface area (Å²) >= 11 is 0. The Balaban J connectivity index is 3.09. The van der Waals surface area contributed by atoms with Gasteiger partial charge in [0.15, 0.2) is 9.84 Å². The normalized spacial score (nSPS) is 15.4. The Labute approximate surface area is 109 Å². The number of aliphatic hydroxyl groups excluding tert-OH is 1. The van der Waals surface area contributed by atoms with Gasteiger partial charge in [-0.15, -0.1) is 0 Å². The number of sulfone groups is 1. The molecule has 0 aliphatic rings. The number of benzene rings is 1. The third-order valence-corrected chi connectivity index (χ3v) is 4.33. The molecule has 0 bridgehead atoms. The fourth-order valence-corrected chi connectivity index (χ4v) is 2.19. The average Bonchev–Trinajstić information content (AvgIpc) is 2.26. The smallest absolute Gasteiger partial charge is 0.152 e. The van der Waals surface area contributed by atoms with Crippen molar-refractivity contribution < 1.29 is 18.3 Å². The quantitative estimate of drug-likeness (QED) is 0.889. The lowest BCUT2D eigenvalue weighted by Crippen LogP contribution is -2.25. The predicted octanol–water partition coefficient (Wildman–Crippen LogP) is 1.94. The van der Waals surface area contributed by atoms with E-state index in [1.165, 1.54) is 6.92 Å². The van der Waals surface area contributed by atoms with Crippen LogP contribution in [0.3, 0.4) is 0 Å². The van der Waals surface area contributed by atoms with E-state index in [2.05, 4.69) is 0 Å². The molecule has 0 aliphatic heterocycles. The minimum atomic E-state index is -3.30. The topological polar surface area (TPSA) is 63.6 Å². The summed E-state index contributed by atoms with van der Waals surface area (Å²) in [7, 11) is -3.30. The van der Waals surface area contributed by atoms with Crippen molar-refractivity contribution >= 4 is 9.84 Å². The molecule has 0 heterocycles. The van der Waals surface area contributed by atoms with Gasteiger partial charge in [-0.2, -0.15) is 0 Å². The molecule has 0 spiro atoms. The highest BCUT2D eigenvalue weighted by Crippen LogP contribution is 2.30. The maximum absolute atomic E-state index is 11.5. The molecular formula is C13H20O4S. The average molecular weight is 272 g/mol. The summed E-state index contributed by atoms with van der Waals surface area (Å²) in [5, 5.41) is 9.29. The first kappa shape index (κ1) is 15.0. The number of hydrogen-bond donors (Lipinski definition) is 1. The van der Waals surface area contributed by atoms with Crippen molar-refractivity contribution in [3.05, 3.63) is 29.8 Å². The summed E-state index contributed by atoms with van der Waals surface area (Å²) in [5.74, 6) is 0.524. The molecule has 0 radical (unpaired) electrons. The molecule has 5 heteroatoms. The summed E-state index contributed by atoms with van der Waals surface area (Å²) < 4.78 is 28.5. The number of hydrogen-bond acceptors (Lipinski definition) is 4. The third-order valence-electron chi connectivity index (χ3n) is 2.72. The number of rotatable bonds is 5. The SMILES string of the molecule is CC(C)Oc1ccccc1C(O)C(C)S(C)(=O)=O. The Morgan fingerprint density at radius 3 is 2.22 bits per heavy atom. The second kappa shape index (κ2) is 5.71. The van der Waals surface area contributed by atoms with Gasteiger partial charge in [-0.1, -0.05) is 18.2 Å². The summed E-state index contributed by atoms with van der Waals surface area (Å²) in [6, 6.07) is 6.96. The highest BCUT2D eigenvalue weighted by atomic mass is 32.2. The summed E-state index contributed by atoms with van der Waals surface area (Å²) in [5.41, 5.74) is 0.504. The van der Waals surface area contributed by atoms with Crippen LogP contribution >= 0.6 is 0 Å². The van der Waals surface area contributed by atoms with Crippen LogP contribution in [0.2, 0.25) is 0 Å². The first-order valence-corrected chi connectivity index (χ1v) is 7.81. The maximum Gasteiger partial charge on any atom is 0.152 e. The van der Waals surface area contributed by atoms with Gasteiger partial charge in [0.25, 0.3) is 0 Å². The maximum atomic E-state index is 11.5. The summed E-state index contributed by atoms with van der Waals surface area (Å²) in [6.45, 7) is 5.25.